The number of fused-ring (bicyclic) bond motifs is 1. The summed E-state index contributed by atoms with van der Waals surface area (Å²) in [6.07, 6.45) is -1.71. The van der Waals surface area contributed by atoms with Crippen LogP contribution in [0.3, 0.4) is 0 Å². The zero-order chi connectivity index (χ0) is 19.3. The van der Waals surface area contributed by atoms with E-state index in [9.17, 15) is 18.4 Å². The number of hydrogen-bond acceptors (Lipinski definition) is 5. The van der Waals surface area contributed by atoms with Gasteiger partial charge in [-0.1, -0.05) is 11.6 Å². The predicted octanol–water partition coefficient (Wildman–Crippen LogP) is 5.52. The fourth-order valence-electron chi connectivity index (χ4n) is 2.69. The molecule has 0 saturated heterocycles. The molecule has 2 heterocycles. The Labute approximate surface area is 157 Å². The molecule has 9 heteroatoms. The maximum Gasteiger partial charge on any atom is 0.412 e. The molecule has 3 rings (SSSR count). The second-order valence-electron chi connectivity index (χ2n) is 7.25. The third-order valence-corrected chi connectivity index (χ3v) is 5.16. The fourth-order valence-corrected chi connectivity index (χ4v) is 4.04. The number of thiophene rings is 1. The van der Waals surface area contributed by atoms with Crippen molar-refractivity contribution >= 4 is 50.7 Å². The number of amides is 1. The van der Waals surface area contributed by atoms with Gasteiger partial charge in [0, 0.05) is 24.1 Å². The number of alkyl halides is 2. The van der Waals surface area contributed by atoms with Crippen LogP contribution in [0.25, 0.3) is 10.2 Å². The molecule has 2 aromatic heterocycles. The molecule has 0 aliphatic heterocycles. The number of aromatic nitrogens is 1. The number of nitrogens with one attached hydrogen (secondary N) is 1. The highest BCUT2D eigenvalue weighted by Crippen LogP contribution is 2.46. The molecule has 0 aromatic carbocycles. The second kappa shape index (κ2) is 6.42. The lowest BCUT2D eigenvalue weighted by atomic mass is 9.78. The van der Waals surface area contributed by atoms with Gasteiger partial charge in [0.05, 0.1) is 10.6 Å². The minimum absolute atomic E-state index is 0.182. The van der Waals surface area contributed by atoms with Gasteiger partial charge in [-0.2, -0.15) is 0 Å². The van der Waals surface area contributed by atoms with E-state index in [2.05, 4.69) is 10.3 Å². The first-order valence-electron chi connectivity index (χ1n) is 7.96. The largest absolute Gasteiger partial charge is 0.444 e. The Kier molecular flexibility index (Phi) is 4.69. The fraction of sp³-hybridized carbons (Fsp3) is 0.471. The summed E-state index contributed by atoms with van der Waals surface area (Å²) in [5.41, 5.74) is -0.499. The van der Waals surface area contributed by atoms with E-state index >= 15 is 0 Å². The van der Waals surface area contributed by atoms with Crippen LogP contribution in [-0.4, -0.2) is 28.4 Å². The average molecular weight is 403 g/mol. The van der Waals surface area contributed by atoms with Crippen molar-refractivity contribution in [3.05, 3.63) is 22.2 Å². The lowest BCUT2D eigenvalue weighted by Crippen LogP contribution is -2.40. The number of nitrogens with zero attached hydrogens (tertiary/aromatic N) is 1. The molecule has 0 atom stereocenters. The van der Waals surface area contributed by atoms with Crippen molar-refractivity contribution in [2.75, 3.05) is 5.32 Å². The molecule has 0 bridgehead atoms. The van der Waals surface area contributed by atoms with Crippen LogP contribution in [0.15, 0.2) is 12.1 Å². The zero-order valence-corrected chi connectivity index (χ0v) is 15.9. The predicted molar refractivity (Wildman–Crippen MR) is 96.5 cm³/mol. The number of halogens is 3. The van der Waals surface area contributed by atoms with E-state index in [1.165, 1.54) is 6.07 Å². The summed E-state index contributed by atoms with van der Waals surface area (Å²) in [6, 6.07) is 3.16. The first-order valence-corrected chi connectivity index (χ1v) is 9.16. The van der Waals surface area contributed by atoms with Gasteiger partial charge in [0.2, 0.25) is 5.92 Å². The molecule has 0 radical (unpaired) electrons. The standard InChI is InChI=1S/C17H17ClF2N2O3S/c1-16(2,3)25-15(24)22-11-9-4-5-10(18)21-14(9)26-13(11)12(23)8-6-17(19,20)7-8/h4-5,8H,6-7H2,1-3H3,(H,22,24). The third-order valence-electron chi connectivity index (χ3n) is 3.83. The van der Waals surface area contributed by atoms with Crippen molar-refractivity contribution in [3.8, 4) is 0 Å². The summed E-state index contributed by atoms with van der Waals surface area (Å²) in [5.74, 6) is -4.01. The lowest BCUT2D eigenvalue weighted by molar-refractivity contribution is -0.0981. The first-order chi connectivity index (χ1) is 12.0. The van der Waals surface area contributed by atoms with E-state index in [0.29, 0.717) is 10.2 Å². The molecule has 1 aliphatic carbocycles. The maximum absolute atomic E-state index is 13.1. The quantitative estimate of drug-likeness (QED) is 0.541. The Morgan fingerprint density at radius 2 is 2.00 bits per heavy atom. The van der Waals surface area contributed by atoms with Gasteiger partial charge < -0.3 is 4.74 Å². The highest BCUT2D eigenvalue weighted by molar-refractivity contribution is 7.21. The zero-order valence-electron chi connectivity index (χ0n) is 14.4. The molecule has 1 saturated carbocycles. The van der Waals surface area contributed by atoms with Crippen LogP contribution < -0.4 is 5.32 Å². The molecule has 1 N–H and O–H groups in total. The van der Waals surface area contributed by atoms with Crippen LogP contribution in [0, 0.1) is 5.92 Å². The number of ketones is 1. The Morgan fingerprint density at radius 3 is 2.58 bits per heavy atom. The SMILES string of the molecule is CC(C)(C)OC(=O)Nc1c(C(=O)C2CC(F)(F)C2)sc2nc(Cl)ccc12. The van der Waals surface area contributed by atoms with Crippen LogP contribution in [0.4, 0.5) is 19.3 Å². The van der Waals surface area contributed by atoms with Crippen molar-refractivity contribution in [2.45, 2.75) is 45.1 Å². The maximum atomic E-state index is 13.1. The number of carbonyl (C=O) groups is 2. The van der Waals surface area contributed by atoms with Crippen LogP contribution in [0.2, 0.25) is 5.15 Å². The molecule has 2 aromatic rings. The summed E-state index contributed by atoms with van der Waals surface area (Å²) in [6.45, 7) is 5.13. The molecular weight excluding hydrogens is 386 g/mol. The minimum atomic E-state index is -2.81. The van der Waals surface area contributed by atoms with Crippen molar-refractivity contribution in [1.82, 2.24) is 4.98 Å². The van der Waals surface area contributed by atoms with Crippen molar-refractivity contribution in [1.29, 1.82) is 0 Å². The normalized spacial score (nSPS) is 17.0. The number of pyridine rings is 1. The molecule has 1 amide bonds. The van der Waals surface area contributed by atoms with Crippen LogP contribution in [0.1, 0.15) is 43.3 Å². The molecule has 0 unspecified atom stereocenters. The summed E-state index contributed by atoms with van der Waals surface area (Å²) in [7, 11) is 0. The van der Waals surface area contributed by atoms with Gasteiger partial charge in [0.15, 0.2) is 5.78 Å². The second-order valence-corrected chi connectivity index (χ2v) is 8.63. The van der Waals surface area contributed by atoms with Gasteiger partial charge in [-0.3, -0.25) is 10.1 Å². The molecule has 1 fully saturated rings. The molecule has 5 nitrogen and oxygen atoms in total. The number of hydrogen-bond donors (Lipinski definition) is 1. The number of ether oxygens (including phenoxy) is 1. The number of Topliss-reactive ketones (excluding diaryl/α,β-unsaturated/α-hetero) is 1. The number of rotatable bonds is 3. The van der Waals surface area contributed by atoms with E-state index in [1.807, 2.05) is 0 Å². The summed E-state index contributed by atoms with van der Waals surface area (Å²) >= 11 is 6.91. The summed E-state index contributed by atoms with van der Waals surface area (Å²) < 4.78 is 31.5. The Hall–Kier alpha value is -1.80. The molecule has 26 heavy (non-hydrogen) atoms. The van der Waals surface area contributed by atoms with Gasteiger partial charge in [-0.05, 0) is 32.9 Å². The topological polar surface area (TPSA) is 68.3 Å². The van der Waals surface area contributed by atoms with Crippen molar-refractivity contribution < 1.29 is 23.1 Å². The van der Waals surface area contributed by atoms with E-state index in [1.54, 1.807) is 26.8 Å². The van der Waals surface area contributed by atoms with E-state index in [-0.39, 0.29) is 15.7 Å². The van der Waals surface area contributed by atoms with Crippen LogP contribution in [0.5, 0.6) is 0 Å². The molecule has 0 spiro atoms. The summed E-state index contributed by atoms with van der Waals surface area (Å²) in [4.78, 5) is 29.6. The smallest absolute Gasteiger partial charge is 0.412 e. The summed E-state index contributed by atoms with van der Waals surface area (Å²) in [5, 5.41) is 3.32. The van der Waals surface area contributed by atoms with Gasteiger partial charge in [-0.15, -0.1) is 11.3 Å². The van der Waals surface area contributed by atoms with Crippen LogP contribution in [-0.2, 0) is 4.74 Å². The van der Waals surface area contributed by atoms with E-state index < -0.39 is 42.2 Å². The van der Waals surface area contributed by atoms with E-state index in [4.69, 9.17) is 16.3 Å². The van der Waals surface area contributed by atoms with Gasteiger partial charge in [0.25, 0.3) is 0 Å². The van der Waals surface area contributed by atoms with Gasteiger partial charge >= 0.3 is 6.09 Å². The first kappa shape index (κ1) is 19.0. The Balaban J connectivity index is 1.96. The lowest BCUT2D eigenvalue weighted by Gasteiger charge is -2.33. The molecule has 1 aliphatic rings. The van der Waals surface area contributed by atoms with E-state index in [0.717, 1.165) is 11.3 Å². The Bertz CT molecular complexity index is 884. The van der Waals surface area contributed by atoms with Crippen molar-refractivity contribution in [2.24, 2.45) is 5.92 Å². The number of carbonyl (C=O) groups excluding carboxylic acids is 2. The monoisotopic (exact) mass is 402 g/mol. The Morgan fingerprint density at radius 1 is 1.35 bits per heavy atom. The number of anilines is 1. The van der Waals surface area contributed by atoms with Crippen LogP contribution >= 0.6 is 22.9 Å². The van der Waals surface area contributed by atoms with Gasteiger partial charge in [-0.25, -0.2) is 18.6 Å². The highest BCUT2D eigenvalue weighted by Gasteiger charge is 2.49. The minimum Gasteiger partial charge on any atom is -0.444 e. The third kappa shape index (κ3) is 3.96. The molecular formula is C17H17ClF2N2O3S. The van der Waals surface area contributed by atoms with Crippen molar-refractivity contribution in [3.63, 3.8) is 0 Å². The molecule has 140 valence electrons. The van der Waals surface area contributed by atoms with Gasteiger partial charge in [0.1, 0.15) is 15.6 Å². The average Bonchev–Trinajstić information content (AvgIpc) is 2.79. The highest BCUT2D eigenvalue weighted by atomic mass is 35.5.